The molecule has 31 heavy (non-hydrogen) atoms. The van der Waals surface area contributed by atoms with Gasteiger partial charge >= 0.3 is 6.61 Å². The zero-order chi connectivity index (χ0) is 21.9. The van der Waals surface area contributed by atoms with Crippen molar-refractivity contribution in [3.63, 3.8) is 0 Å². The summed E-state index contributed by atoms with van der Waals surface area (Å²) < 4.78 is 28.7. The third kappa shape index (κ3) is 8.68. The lowest BCUT2D eigenvalue weighted by Crippen LogP contribution is -2.17. The molecule has 1 aromatic carbocycles. The Morgan fingerprint density at radius 1 is 0.871 bits per heavy atom. The van der Waals surface area contributed by atoms with Gasteiger partial charge in [-0.2, -0.15) is 8.78 Å². The molecule has 2 fully saturated rings. The van der Waals surface area contributed by atoms with E-state index in [4.69, 9.17) is 0 Å². The largest absolute Gasteiger partial charge is 0.435 e. The van der Waals surface area contributed by atoms with Gasteiger partial charge in [-0.1, -0.05) is 76.2 Å². The molecule has 3 rings (SSSR count). The van der Waals surface area contributed by atoms with Crippen molar-refractivity contribution >= 4 is 0 Å². The highest BCUT2D eigenvalue weighted by molar-refractivity contribution is 5.40. The molecule has 3 heteroatoms. The van der Waals surface area contributed by atoms with Crippen LogP contribution in [0, 0.1) is 35.5 Å². The molecule has 0 atom stereocenters. The summed E-state index contributed by atoms with van der Waals surface area (Å²) in [6.45, 7) is -0.472. The number of ether oxygens (including phenoxy) is 1. The van der Waals surface area contributed by atoms with Crippen LogP contribution in [0.5, 0.6) is 5.75 Å². The molecule has 0 unspecified atom stereocenters. The third-order valence-corrected chi connectivity index (χ3v) is 7.29. The van der Waals surface area contributed by atoms with Crippen molar-refractivity contribution in [2.75, 3.05) is 0 Å². The summed E-state index contributed by atoms with van der Waals surface area (Å²) in [5, 5.41) is 0. The second-order valence-electron chi connectivity index (χ2n) is 9.56. The van der Waals surface area contributed by atoms with Gasteiger partial charge in [0, 0.05) is 5.56 Å². The number of halogens is 2. The van der Waals surface area contributed by atoms with Gasteiger partial charge in [0.1, 0.15) is 5.75 Å². The molecule has 170 valence electrons. The Morgan fingerprint density at radius 2 is 1.42 bits per heavy atom. The van der Waals surface area contributed by atoms with Crippen molar-refractivity contribution in [1.82, 2.24) is 0 Å². The van der Waals surface area contributed by atoms with Gasteiger partial charge in [0.15, 0.2) is 0 Å². The number of hydrogen-bond donors (Lipinski definition) is 0. The quantitative estimate of drug-likeness (QED) is 0.378. The van der Waals surface area contributed by atoms with Gasteiger partial charge in [-0.15, -0.1) is 0 Å². The van der Waals surface area contributed by atoms with E-state index in [1.807, 2.05) is 6.08 Å². The van der Waals surface area contributed by atoms with E-state index in [0.29, 0.717) is 5.92 Å². The number of allylic oxidation sites excluding steroid dienone is 2. The molecule has 2 aliphatic carbocycles. The lowest BCUT2D eigenvalue weighted by atomic mass is 9.75. The summed E-state index contributed by atoms with van der Waals surface area (Å²) in [4.78, 5) is 0. The van der Waals surface area contributed by atoms with Crippen LogP contribution in [0.2, 0.25) is 0 Å². The topological polar surface area (TPSA) is 9.23 Å². The highest BCUT2D eigenvalue weighted by Gasteiger charge is 2.23. The first-order valence-corrected chi connectivity index (χ1v) is 12.4. The predicted molar refractivity (Wildman–Crippen MR) is 124 cm³/mol. The Bertz CT molecular complexity index is 712. The molecule has 1 aromatic rings. The first-order chi connectivity index (χ1) is 15.1. The van der Waals surface area contributed by atoms with E-state index in [0.717, 1.165) is 23.3 Å². The second kappa shape index (κ2) is 12.9. The fraction of sp³-hybridized carbons (Fsp3) is 0.643. The van der Waals surface area contributed by atoms with Crippen LogP contribution in [-0.4, -0.2) is 6.61 Å². The maximum absolute atomic E-state index is 12.2. The van der Waals surface area contributed by atoms with Gasteiger partial charge in [-0.3, -0.25) is 0 Å². The molecular weight excluding hydrogens is 390 g/mol. The Balaban J connectivity index is 1.31. The van der Waals surface area contributed by atoms with Gasteiger partial charge in [-0.05, 0) is 79.7 Å². The van der Waals surface area contributed by atoms with Crippen molar-refractivity contribution < 1.29 is 13.5 Å². The van der Waals surface area contributed by atoms with E-state index < -0.39 is 6.61 Å². The molecule has 0 saturated heterocycles. The van der Waals surface area contributed by atoms with Crippen molar-refractivity contribution in [2.45, 2.75) is 90.6 Å². The molecule has 0 aromatic heterocycles. The number of rotatable bonds is 8. The number of benzene rings is 1. The zero-order valence-electron chi connectivity index (χ0n) is 19.0. The second-order valence-corrected chi connectivity index (χ2v) is 9.56. The smallest absolute Gasteiger partial charge is 0.387 e. The lowest BCUT2D eigenvalue weighted by molar-refractivity contribution is -0.0498. The molecule has 2 aliphatic rings. The van der Waals surface area contributed by atoms with Crippen molar-refractivity contribution in [1.29, 1.82) is 0 Å². The van der Waals surface area contributed by atoms with E-state index in [9.17, 15) is 8.78 Å². The van der Waals surface area contributed by atoms with Gasteiger partial charge in [-0.25, -0.2) is 0 Å². The first-order valence-electron chi connectivity index (χ1n) is 12.4. The summed E-state index contributed by atoms with van der Waals surface area (Å²) in [6.07, 6.45) is 21.1. The maximum Gasteiger partial charge on any atom is 0.387 e. The number of hydrogen-bond acceptors (Lipinski definition) is 1. The molecular formula is C28H38F2O. The molecule has 2 saturated carbocycles. The predicted octanol–water partition coefficient (Wildman–Crippen LogP) is 8.39. The summed E-state index contributed by atoms with van der Waals surface area (Å²) in [6, 6.07) is 6.47. The van der Waals surface area contributed by atoms with Crippen LogP contribution < -0.4 is 4.74 Å². The minimum Gasteiger partial charge on any atom is -0.435 e. The molecule has 0 heterocycles. The van der Waals surface area contributed by atoms with Crippen molar-refractivity contribution in [2.24, 2.45) is 23.7 Å². The lowest BCUT2D eigenvalue weighted by Gasteiger charge is -2.31. The highest BCUT2D eigenvalue weighted by atomic mass is 19.3. The van der Waals surface area contributed by atoms with Crippen molar-refractivity contribution in [3.05, 3.63) is 42.0 Å². The summed E-state index contributed by atoms with van der Waals surface area (Å²) >= 11 is 0. The molecule has 0 radical (unpaired) electrons. The molecule has 0 bridgehead atoms. The molecule has 0 N–H and O–H groups in total. The van der Waals surface area contributed by atoms with Gasteiger partial charge in [0.2, 0.25) is 0 Å². The Morgan fingerprint density at radius 3 is 1.97 bits per heavy atom. The average molecular weight is 429 g/mol. The Labute approximate surface area is 187 Å². The summed E-state index contributed by atoms with van der Waals surface area (Å²) in [7, 11) is 0. The van der Waals surface area contributed by atoms with E-state index in [2.05, 4.69) is 29.6 Å². The van der Waals surface area contributed by atoms with Crippen LogP contribution in [0.4, 0.5) is 8.78 Å². The highest BCUT2D eigenvalue weighted by Crippen LogP contribution is 2.37. The van der Waals surface area contributed by atoms with E-state index in [1.165, 1.54) is 89.2 Å². The average Bonchev–Trinajstić information content (AvgIpc) is 2.78. The fourth-order valence-electron chi connectivity index (χ4n) is 5.39. The first kappa shape index (κ1) is 23.8. The standard InChI is InChI=1S/C28H38F2O/c1-2-5-22-8-12-25(13-9-22)16-17-26-14-10-23(11-15-26)6-3-4-7-24-18-20-27(21-19-24)31-28(29)30/h3,6,18-23,25-26,28H,2,5,8-17H2,1H3/b6-3+/t22-,23?,25-,26?. The molecule has 0 spiro atoms. The van der Waals surface area contributed by atoms with Gasteiger partial charge in [0.25, 0.3) is 0 Å². The Kier molecular flexibility index (Phi) is 9.91. The monoisotopic (exact) mass is 428 g/mol. The van der Waals surface area contributed by atoms with Crippen LogP contribution in [0.15, 0.2) is 36.4 Å². The summed E-state index contributed by atoms with van der Waals surface area (Å²) in [5.74, 6) is 9.90. The van der Waals surface area contributed by atoms with Crippen molar-refractivity contribution in [3.8, 4) is 17.6 Å². The van der Waals surface area contributed by atoms with Crippen LogP contribution in [-0.2, 0) is 0 Å². The summed E-state index contributed by atoms with van der Waals surface area (Å²) in [5.41, 5.74) is 0.804. The van der Waals surface area contributed by atoms with Crippen LogP contribution in [0.1, 0.15) is 89.5 Å². The Hall–Kier alpha value is -1.82. The normalized spacial score (nSPS) is 26.6. The van der Waals surface area contributed by atoms with Crippen LogP contribution in [0.25, 0.3) is 0 Å². The van der Waals surface area contributed by atoms with E-state index in [-0.39, 0.29) is 5.75 Å². The van der Waals surface area contributed by atoms with Crippen LogP contribution in [0.3, 0.4) is 0 Å². The zero-order valence-corrected chi connectivity index (χ0v) is 19.0. The van der Waals surface area contributed by atoms with Gasteiger partial charge < -0.3 is 4.74 Å². The third-order valence-electron chi connectivity index (χ3n) is 7.29. The minimum absolute atomic E-state index is 0.164. The number of alkyl halides is 2. The molecule has 0 aliphatic heterocycles. The van der Waals surface area contributed by atoms with Crippen LogP contribution >= 0.6 is 0 Å². The molecule has 0 amide bonds. The minimum atomic E-state index is -2.79. The molecule has 1 nitrogen and oxygen atoms in total. The maximum atomic E-state index is 12.2. The van der Waals surface area contributed by atoms with Gasteiger partial charge in [0.05, 0.1) is 0 Å². The van der Waals surface area contributed by atoms with E-state index >= 15 is 0 Å². The fourth-order valence-corrected chi connectivity index (χ4v) is 5.39. The van der Waals surface area contributed by atoms with E-state index in [1.54, 1.807) is 12.1 Å². The SMILES string of the molecule is CCC[C@H]1CC[C@H](CCC2CCC(/C=C/C#Cc3ccc(OC(F)F)cc3)CC2)CC1.